The van der Waals surface area contributed by atoms with Crippen LogP contribution in [0, 0.1) is 5.92 Å². The molecular weight excluding hydrogens is 238 g/mol. The quantitative estimate of drug-likeness (QED) is 0.846. The molecule has 4 heteroatoms. The highest BCUT2D eigenvalue weighted by molar-refractivity contribution is 5.98. The lowest BCUT2D eigenvalue weighted by Gasteiger charge is -2.34. The number of carbonyl (C=O) groups is 1. The fourth-order valence-corrected chi connectivity index (χ4v) is 2.77. The molecule has 1 aliphatic rings. The van der Waals surface area contributed by atoms with Gasteiger partial charge in [0.2, 0.25) is 0 Å². The first-order chi connectivity index (χ1) is 9.22. The monoisotopic (exact) mass is 261 g/mol. The first kappa shape index (κ1) is 13.9. The number of rotatable bonds is 5. The van der Waals surface area contributed by atoms with E-state index in [0.717, 1.165) is 31.2 Å². The van der Waals surface area contributed by atoms with Gasteiger partial charge in [0.15, 0.2) is 0 Å². The summed E-state index contributed by atoms with van der Waals surface area (Å²) in [6.07, 6.45) is 3.62. The van der Waals surface area contributed by atoms with Gasteiger partial charge in [-0.05, 0) is 50.9 Å². The van der Waals surface area contributed by atoms with Gasteiger partial charge in [0.05, 0.1) is 5.56 Å². The summed E-state index contributed by atoms with van der Waals surface area (Å²) in [6, 6.07) is 7.64. The van der Waals surface area contributed by atoms with Gasteiger partial charge in [0, 0.05) is 18.8 Å². The maximum atomic E-state index is 11.5. The number of nitrogens with zero attached hydrogens (tertiary/aromatic N) is 1. The van der Waals surface area contributed by atoms with Crippen LogP contribution in [-0.4, -0.2) is 32.6 Å². The van der Waals surface area contributed by atoms with Crippen molar-refractivity contribution in [3.8, 4) is 0 Å². The third kappa shape index (κ3) is 3.47. The predicted octanol–water partition coefficient (Wildman–Crippen LogP) is 1.61. The number of anilines is 1. The average molecular weight is 261 g/mol. The highest BCUT2D eigenvalue weighted by atomic mass is 16.1. The maximum absolute atomic E-state index is 11.5. The number of hydrogen-bond donors (Lipinski definition) is 2. The number of carbonyl (C=O) groups excluding carboxylic acids is 1. The Bertz CT molecular complexity index is 425. The lowest BCUT2D eigenvalue weighted by atomic mass is 9.93. The van der Waals surface area contributed by atoms with E-state index in [-0.39, 0.29) is 5.91 Å². The molecule has 1 fully saturated rings. The number of piperidine rings is 1. The van der Waals surface area contributed by atoms with Gasteiger partial charge in [0.25, 0.3) is 5.91 Å². The molecule has 104 valence electrons. The summed E-state index contributed by atoms with van der Waals surface area (Å²) in [6.45, 7) is 3.11. The molecule has 4 nitrogen and oxygen atoms in total. The second kappa shape index (κ2) is 6.57. The number of hydrogen-bond acceptors (Lipinski definition) is 3. The van der Waals surface area contributed by atoms with Gasteiger partial charge in [0.1, 0.15) is 0 Å². The second-order valence-electron chi connectivity index (χ2n) is 5.20. The molecule has 0 bridgehead atoms. The van der Waals surface area contributed by atoms with Crippen molar-refractivity contribution >= 4 is 11.6 Å². The Hall–Kier alpha value is -1.55. The molecule has 0 aliphatic carbocycles. The van der Waals surface area contributed by atoms with E-state index in [1.54, 1.807) is 0 Å². The lowest BCUT2D eigenvalue weighted by molar-refractivity contribution is 0.100. The summed E-state index contributed by atoms with van der Waals surface area (Å²) in [5, 5.41) is 3.21. The van der Waals surface area contributed by atoms with E-state index in [1.165, 1.54) is 19.3 Å². The molecule has 1 saturated heterocycles. The molecule has 1 aromatic rings. The van der Waals surface area contributed by atoms with E-state index in [0.29, 0.717) is 5.56 Å². The van der Waals surface area contributed by atoms with Crippen LogP contribution in [0.2, 0.25) is 0 Å². The predicted molar refractivity (Wildman–Crippen MR) is 78.4 cm³/mol. The van der Waals surface area contributed by atoms with Crippen LogP contribution in [0.15, 0.2) is 24.3 Å². The molecular formula is C15H23N3O. The van der Waals surface area contributed by atoms with E-state index in [1.807, 2.05) is 31.3 Å². The number of para-hydroxylation sites is 1. The zero-order chi connectivity index (χ0) is 13.7. The van der Waals surface area contributed by atoms with E-state index >= 15 is 0 Å². The minimum absolute atomic E-state index is 0.340. The van der Waals surface area contributed by atoms with Crippen LogP contribution in [0.1, 0.15) is 29.6 Å². The maximum Gasteiger partial charge on any atom is 0.250 e. The lowest BCUT2D eigenvalue weighted by Crippen LogP contribution is -2.35. The van der Waals surface area contributed by atoms with Crippen molar-refractivity contribution in [1.82, 2.24) is 5.32 Å². The second-order valence-corrected chi connectivity index (χ2v) is 5.20. The number of benzene rings is 1. The van der Waals surface area contributed by atoms with Gasteiger partial charge in [-0.25, -0.2) is 0 Å². The fourth-order valence-electron chi connectivity index (χ4n) is 2.77. The number of nitrogens with two attached hydrogens (primary N) is 1. The number of nitrogens with one attached hydrogen (secondary N) is 1. The van der Waals surface area contributed by atoms with E-state index in [4.69, 9.17) is 5.73 Å². The molecule has 0 spiro atoms. The molecule has 0 aromatic heterocycles. The Morgan fingerprint density at radius 3 is 2.68 bits per heavy atom. The molecule has 1 aliphatic heterocycles. The van der Waals surface area contributed by atoms with Crippen LogP contribution in [0.3, 0.4) is 0 Å². The van der Waals surface area contributed by atoms with Crippen molar-refractivity contribution in [2.45, 2.75) is 19.3 Å². The normalized spacial score (nSPS) is 16.6. The molecule has 1 aromatic carbocycles. The smallest absolute Gasteiger partial charge is 0.250 e. The molecule has 2 rings (SSSR count). The minimum atomic E-state index is -0.340. The van der Waals surface area contributed by atoms with Crippen molar-refractivity contribution in [3.05, 3.63) is 29.8 Å². The number of amides is 1. The Balaban J connectivity index is 2.00. The topological polar surface area (TPSA) is 58.4 Å². The Labute approximate surface area is 115 Å². The van der Waals surface area contributed by atoms with Crippen molar-refractivity contribution in [1.29, 1.82) is 0 Å². The highest BCUT2D eigenvalue weighted by Gasteiger charge is 2.21. The van der Waals surface area contributed by atoms with Crippen LogP contribution in [0.4, 0.5) is 5.69 Å². The van der Waals surface area contributed by atoms with Crippen LogP contribution in [-0.2, 0) is 0 Å². The first-order valence-electron chi connectivity index (χ1n) is 7.00. The summed E-state index contributed by atoms with van der Waals surface area (Å²) >= 11 is 0. The third-order valence-electron chi connectivity index (χ3n) is 3.93. The Morgan fingerprint density at radius 2 is 2.05 bits per heavy atom. The molecule has 19 heavy (non-hydrogen) atoms. The molecule has 3 N–H and O–H groups in total. The van der Waals surface area contributed by atoms with Crippen molar-refractivity contribution in [2.24, 2.45) is 11.7 Å². The van der Waals surface area contributed by atoms with Crippen molar-refractivity contribution in [3.63, 3.8) is 0 Å². The zero-order valence-electron chi connectivity index (χ0n) is 11.6. The molecule has 0 unspecified atom stereocenters. The van der Waals surface area contributed by atoms with Crippen LogP contribution in [0.5, 0.6) is 0 Å². The molecule has 1 heterocycles. The largest absolute Gasteiger partial charge is 0.371 e. The molecule has 1 amide bonds. The summed E-state index contributed by atoms with van der Waals surface area (Å²) in [5.41, 5.74) is 7.06. The van der Waals surface area contributed by atoms with E-state index in [2.05, 4.69) is 10.2 Å². The van der Waals surface area contributed by atoms with E-state index in [9.17, 15) is 4.79 Å². The summed E-state index contributed by atoms with van der Waals surface area (Å²) < 4.78 is 0. The average Bonchev–Trinajstić information content (AvgIpc) is 2.45. The first-order valence-corrected chi connectivity index (χ1v) is 7.00. The van der Waals surface area contributed by atoms with Crippen molar-refractivity contribution in [2.75, 3.05) is 31.6 Å². The summed E-state index contributed by atoms with van der Waals surface area (Å²) in [7, 11) is 2.00. The highest BCUT2D eigenvalue weighted by Crippen LogP contribution is 2.27. The summed E-state index contributed by atoms with van der Waals surface area (Å²) in [4.78, 5) is 13.7. The summed E-state index contributed by atoms with van der Waals surface area (Å²) in [5.74, 6) is 0.456. The molecule has 0 radical (unpaired) electrons. The van der Waals surface area contributed by atoms with E-state index < -0.39 is 0 Å². The van der Waals surface area contributed by atoms with Gasteiger partial charge in [-0.2, -0.15) is 0 Å². The van der Waals surface area contributed by atoms with Gasteiger partial charge < -0.3 is 16.0 Å². The molecule has 0 atom stereocenters. The number of primary amides is 1. The van der Waals surface area contributed by atoms with Crippen LogP contribution >= 0.6 is 0 Å². The third-order valence-corrected chi connectivity index (χ3v) is 3.93. The Kier molecular flexibility index (Phi) is 4.80. The van der Waals surface area contributed by atoms with Gasteiger partial charge in [-0.15, -0.1) is 0 Å². The van der Waals surface area contributed by atoms with Gasteiger partial charge in [-0.1, -0.05) is 12.1 Å². The molecule has 0 saturated carbocycles. The minimum Gasteiger partial charge on any atom is -0.371 e. The SMILES string of the molecule is CNCCC1CCN(c2ccccc2C(N)=O)CC1. The Morgan fingerprint density at radius 1 is 1.37 bits per heavy atom. The zero-order valence-corrected chi connectivity index (χ0v) is 11.6. The van der Waals surface area contributed by atoms with Gasteiger partial charge in [-0.3, -0.25) is 4.79 Å². The fraction of sp³-hybridized carbons (Fsp3) is 0.533. The van der Waals surface area contributed by atoms with Crippen LogP contribution in [0.25, 0.3) is 0 Å². The van der Waals surface area contributed by atoms with Gasteiger partial charge >= 0.3 is 0 Å². The van der Waals surface area contributed by atoms with Crippen molar-refractivity contribution < 1.29 is 4.79 Å². The van der Waals surface area contributed by atoms with Crippen LogP contribution < -0.4 is 16.0 Å². The standard InChI is InChI=1S/C15H23N3O/c1-17-9-6-12-7-10-18(11-8-12)14-5-3-2-4-13(14)15(16)19/h2-5,12,17H,6-11H2,1H3,(H2,16,19).